The van der Waals surface area contributed by atoms with Crippen LogP contribution in [0.2, 0.25) is 0 Å². The van der Waals surface area contributed by atoms with Gasteiger partial charge in [0.1, 0.15) is 0 Å². The van der Waals surface area contributed by atoms with E-state index in [0.717, 1.165) is 25.6 Å². The van der Waals surface area contributed by atoms with E-state index >= 15 is 0 Å². The van der Waals surface area contributed by atoms with E-state index in [4.69, 9.17) is 0 Å². The molecular formula is C21H38IN5S. The number of rotatable bonds is 6. The molecule has 0 saturated carbocycles. The van der Waals surface area contributed by atoms with Crippen molar-refractivity contribution in [1.82, 2.24) is 20.4 Å². The van der Waals surface area contributed by atoms with E-state index in [1.807, 2.05) is 18.4 Å². The minimum Gasteiger partial charge on any atom is -0.356 e. The molecule has 1 aromatic heterocycles. The van der Waals surface area contributed by atoms with Gasteiger partial charge in [-0.2, -0.15) is 0 Å². The van der Waals surface area contributed by atoms with E-state index in [2.05, 4.69) is 56.9 Å². The van der Waals surface area contributed by atoms with Crippen molar-refractivity contribution in [2.24, 2.45) is 10.9 Å². The van der Waals surface area contributed by atoms with Crippen LogP contribution in [-0.2, 0) is 0 Å². The first-order chi connectivity index (χ1) is 13.2. The largest absolute Gasteiger partial charge is 0.356 e. The van der Waals surface area contributed by atoms with Crippen molar-refractivity contribution in [2.45, 2.75) is 51.1 Å². The standard InChI is InChI=1S/C21H37N5S.HI/c1-4-26-13-6-5-10-18(26)16-24-21(22-2)23-15-17-9-7-12-25(3)20(17)19-11-8-14-27-19;/h8,11,14,17-18,20H,4-7,9-10,12-13,15-16H2,1-3H3,(H2,22,23,24);1H. The van der Waals surface area contributed by atoms with E-state index in [0.29, 0.717) is 18.0 Å². The quantitative estimate of drug-likeness (QED) is 0.341. The maximum atomic E-state index is 4.48. The lowest BCUT2D eigenvalue weighted by molar-refractivity contribution is 0.125. The third kappa shape index (κ3) is 6.31. The topological polar surface area (TPSA) is 42.9 Å². The zero-order valence-corrected chi connectivity index (χ0v) is 20.8. The van der Waals surface area contributed by atoms with Gasteiger partial charge in [-0.3, -0.25) is 14.8 Å². The van der Waals surface area contributed by atoms with Crippen molar-refractivity contribution in [2.75, 3.05) is 46.8 Å². The number of piperidine rings is 2. The molecule has 5 nitrogen and oxygen atoms in total. The van der Waals surface area contributed by atoms with E-state index in [-0.39, 0.29) is 24.0 Å². The fourth-order valence-electron chi connectivity index (χ4n) is 4.75. The van der Waals surface area contributed by atoms with E-state index in [1.165, 1.54) is 50.1 Å². The molecule has 1 aromatic rings. The summed E-state index contributed by atoms with van der Waals surface area (Å²) in [6.45, 7) is 7.83. The molecule has 2 fully saturated rings. The molecule has 0 amide bonds. The van der Waals surface area contributed by atoms with Crippen LogP contribution in [0.3, 0.4) is 0 Å². The number of hydrogen-bond donors (Lipinski definition) is 2. The number of likely N-dealkylation sites (tertiary alicyclic amines) is 2. The molecule has 2 aliphatic heterocycles. The number of nitrogens with zero attached hydrogens (tertiary/aromatic N) is 3. The van der Waals surface area contributed by atoms with E-state index < -0.39 is 0 Å². The van der Waals surface area contributed by atoms with Crippen molar-refractivity contribution in [3.05, 3.63) is 22.4 Å². The molecule has 0 aromatic carbocycles. The molecule has 0 aliphatic carbocycles. The molecule has 2 N–H and O–H groups in total. The van der Waals surface area contributed by atoms with Crippen molar-refractivity contribution in [3.63, 3.8) is 0 Å². The highest BCUT2D eigenvalue weighted by Gasteiger charge is 2.31. The molecule has 160 valence electrons. The SMILES string of the molecule is CCN1CCCCC1CNC(=NC)NCC1CCCN(C)C1c1cccs1.I. The van der Waals surface area contributed by atoms with Gasteiger partial charge in [-0.05, 0) is 69.7 Å². The van der Waals surface area contributed by atoms with E-state index in [9.17, 15) is 0 Å². The van der Waals surface area contributed by atoms with Crippen LogP contribution >= 0.6 is 35.3 Å². The summed E-state index contributed by atoms with van der Waals surface area (Å²) in [7, 11) is 4.16. The van der Waals surface area contributed by atoms with Gasteiger partial charge in [-0.25, -0.2) is 0 Å². The number of hydrogen-bond acceptors (Lipinski definition) is 4. The summed E-state index contributed by atoms with van der Waals surface area (Å²) in [6.07, 6.45) is 6.56. The summed E-state index contributed by atoms with van der Waals surface area (Å²) < 4.78 is 0. The summed E-state index contributed by atoms with van der Waals surface area (Å²) in [4.78, 5) is 11.1. The molecule has 28 heavy (non-hydrogen) atoms. The van der Waals surface area contributed by atoms with Gasteiger partial charge in [0.05, 0.1) is 0 Å². The van der Waals surface area contributed by atoms with Gasteiger partial charge in [-0.1, -0.05) is 19.4 Å². The Morgan fingerprint density at radius 3 is 2.71 bits per heavy atom. The second-order valence-corrected chi connectivity index (χ2v) is 8.93. The number of halogens is 1. The van der Waals surface area contributed by atoms with Gasteiger partial charge in [0.25, 0.3) is 0 Å². The molecule has 3 unspecified atom stereocenters. The van der Waals surface area contributed by atoms with Crippen LogP contribution in [0.15, 0.2) is 22.5 Å². The Labute approximate surface area is 192 Å². The minimum absolute atomic E-state index is 0. The minimum atomic E-state index is 0. The Hall–Kier alpha value is -0.380. The summed E-state index contributed by atoms with van der Waals surface area (Å²) in [6, 6.07) is 5.64. The Kier molecular flexibility index (Phi) is 10.5. The maximum absolute atomic E-state index is 4.48. The lowest BCUT2D eigenvalue weighted by Gasteiger charge is -2.39. The first-order valence-electron chi connectivity index (χ1n) is 10.6. The molecule has 2 saturated heterocycles. The molecule has 3 rings (SSSR count). The summed E-state index contributed by atoms with van der Waals surface area (Å²) in [5.74, 6) is 1.58. The highest BCUT2D eigenvalue weighted by molar-refractivity contribution is 14.0. The first-order valence-corrected chi connectivity index (χ1v) is 11.5. The molecular weight excluding hydrogens is 481 g/mol. The molecule has 0 radical (unpaired) electrons. The number of aliphatic imine (C=N–C) groups is 1. The average Bonchev–Trinajstić information content (AvgIpc) is 3.22. The highest BCUT2D eigenvalue weighted by Crippen LogP contribution is 2.36. The Morgan fingerprint density at radius 2 is 2.00 bits per heavy atom. The Morgan fingerprint density at radius 1 is 1.18 bits per heavy atom. The number of thiophene rings is 1. The summed E-state index contributed by atoms with van der Waals surface area (Å²) in [5, 5.41) is 9.41. The van der Waals surface area contributed by atoms with Crippen LogP contribution in [0, 0.1) is 5.92 Å². The first kappa shape index (κ1) is 23.9. The number of guanidine groups is 1. The molecule has 3 heterocycles. The van der Waals surface area contributed by atoms with Gasteiger partial charge in [0, 0.05) is 37.1 Å². The predicted octanol–water partition coefficient (Wildman–Crippen LogP) is 3.79. The molecule has 3 atom stereocenters. The number of nitrogens with one attached hydrogen (secondary N) is 2. The average molecular weight is 520 g/mol. The zero-order valence-electron chi connectivity index (χ0n) is 17.7. The predicted molar refractivity (Wildman–Crippen MR) is 132 cm³/mol. The normalized spacial score (nSPS) is 27.2. The van der Waals surface area contributed by atoms with Crippen molar-refractivity contribution in [1.29, 1.82) is 0 Å². The van der Waals surface area contributed by atoms with Crippen molar-refractivity contribution < 1.29 is 0 Å². The monoisotopic (exact) mass is 519 g/mol. The second-order valence-electron chi connectivity index (χ2n) is 7.96. The Balaban J connectivity index is 0.00000280. The smallest absolute Gasteiger partial charge is 0.191 e. The van der Waals surface area contributed by atoms with Crippen LogP contribution in [-0.4, -0.2) is 68.6 Å². The zero-order chi connectivity index (χ0) is 19.1. The summed E-state index contributed by atoms with van der Waals surface area (Å²) in [5.41, 5.74) is 0. The van der Waals surface area contributed by atoms with Gasteiger partial charge in [0.15, 0.2) is 5.96 Å². The van der Waals surface area contributed by atoms with Crippen LogP contribution < -0.4 is 10.6 Å². The summed E-state index contributed by atoms with van der Waals surface area (Å²) >= 11 is 1.89. The van der Waals surface area contributed by atoms with Crippen LogP contribution in [0.25, 0.3) is 0 Å². The fourth-order valence-corrected chi connectivity index (χ4v) is 5.74. The highest BCUT2D eigenvalue weighted by atomic mass is 127. The molecule has 0 bridgehead atoms. The lowest BCUT2D eigenvalue weighted by Crippen LogP contribution is -2.50. The van der Waals surface area contributed by atoms with Crippen LogP contribution in [0.4, 0.5) is 0 Å². The van der Waals surface area contributed by atoms with Gasteiger partial charge >= 0.3 is 0 Å². The second kappa shape index (κ2) is 12.3. The fraction of sp³-hybridized carbons (Fsp3) is 0.762. The third-order valence-corrected chi connectivity index (χ3v) is 7.20. The van der Waals surface area contributed by atoms with Gasteiger partial charge in [0.2, 0.25) is 0 Å². The third-order valence-electron chi connectivity index (χ3n) is 6.26. The molecule has 0 spiro atoms. The van der Waals surface area contributed by atoms with Crippen LogP contribution in [0.5, 0.6) is 0 Å². The molecule has 2 aliphatic rings. The van der Waals surface area contributed by atoms with Crippen molar-refractivity contribution >= 4 is 41.3 Å². The molecule has 7 heteroatoms. The number of likely N-dealkylation sites (N-methyl/N-ethyl adjacent to an activating group) is 1. The Bertz CT molecular complexity index is 579. The van der Waals surface area contributed by atoms with Gasteiger partial charge < -0.3 is 10.6 Å². The van der Waals surface area contributed by atoms with Crippen LogP contribution in [0.1, 0.15) is 49.9 Å². The van der Waals surface area contributed by atoms with Crippen molar-refractivity contribution in [3.8, 4) is 0 Å². The van der Waals surface area contributed by atoms with Gasteiger partial charge in [-0.15, -0.1) is 35.3 Å². The van der Waals surface area contributed by atoms with E-state index in [1.54, 1.807) is 0 Å². The maximum Gasteiger partial charge on any atom is 0.191 e. The lowest BCUT2D eigenvalue weighted by atomic mass is 9.88.